The zero-order valence-electron chi connectivity index (χ0n) is 9.94. The first-order valence-electron chi connectivity index (χ1n) is 5.54. The number of aromatic nitrogens is 2. The second-order valence-electron chi connectivity index (χ2n) is 3.95. The third kappa shape index (κ3) is 3.51. The van der Waals surface area contributed by atoms with Crippen LogP contribution < -0.4 is 11.1 Å². The standard InChI is InChI=1S/C12H12F2N4O/c13-9-1-2-10(14)8(5-9)6-16-12(19)7-18-4-3-11(15)17-18/h1-5H,6-7H2,(H2,15,17)(H,16,19). The lowest BCUT2D eigenvalue weighted by atomic mass is 10.2. The molecule has 1 aromatic carbocycles. The van der Waals surface area contributed by atoms with Crippen molar-refractivity contribution in [2.24, 2.45) is 0 Å². The van der Waals surface area contributed by atoms with Gasteiger partial charge in [-0.1, -0.05) is 0 Å². The quantitative estimate of drug-likeness (QED) is 0.869. The van der Waals surface area contributed by atoms with Crippen LogP contribution in [0.1, 0.15) is 5.56 Å². The molecule has 0 saturated heterocycles. The van der Waals surface area contributed by atoms with Crippen LogP contribution in [0.15, 0.2) is 30.5 Å². The predicted octanol–water partition coefficient (Wildman–Crippen LogP) is 1.06. The third-order valence-corrected chi connectivity index (χ3v) is 2.45. The Bertz CT molecular complexity index is 597. The minimum Gasteiger partial charge on any atom is -0.382 e. The van der Waals surface area contributed by atoms with Gasteiger partial charge in [-0.15, -0.1) is 0 Å². The van der Waals surface area contributed by atoms with Gasteiger partial charge in [-0.25, -0.2) is 8.78 Å². The normalized spacial score (nSPS) is 10.4. The van der Waals surface area contributed by atoms with E-state index in [1.807, 2.05) is 0 Å². The Morgan fingerprint density at radius 3 is 2.84 bits per heavy atom. The first-order valence-corrected chi connectivity index (χ1v) is 5.54. The fraction of sp³-hybridized carbons (Fsp3) is 0.167. The maximum Gasteiger partial charge on any atom is 0.242 e. The monoisotopic (exact) mass is 266 g/mol. The molecule has 0 saturated carbocycles. The molecule has 3 N–H and O–H groups in total. The van der Waals surface area contributed by atoms with E-state index in [2.05, 4.69) is 10.4 Å². The van der Waals surface area contributed by atoms with Crippen LogP contribution in [-0.4, -0.2) is 15.7 Å². The van der Waals surface area contributed by atoms with E-state index in [1.165, 1.54) is 4.68 Å². The summed E-state index contributed by atoms with van der Waals surface area (Å²) in [5.74, 6) is -1.17. The van der Waals surface area contributed by atoms with E-state index in [1.54, 1.807) is 12.3 Å². The summed E-state index contributed by atoms with van der Waals surface area (Å²) in [6.45, 7) is -0.118. The Kier molecular flexibility index (Phi) is 3.74. The van der Waals surface area contributed by atoms with Gasteiger partial charge in [-0.05, 0) is 24.3 Å². The van der Waals surface area contributed by atoms with E-state index in [9.17, 15) is 13.6 Å². The molecule has 0 aliphatic carbocycles. The Balaban J connectivity index is 1.91. The molecule has 1 heterocycles. The third-order valence-electron chi connectivity index (χ3n) is 2.45. The number of halogens is 2. The summed E-state index contributed by atoms with van der Waals surface area (Å²) in [5.41, 5.74) is 5.49. The van der Waals surface area contributed by atoms with Crippen molar-refractivity contribution in [3.63, 3.8) is 0 Å². The minimum atomic E-state index is -0.565. The van der Waals surface area contributed by atoms with Crippen molar-refractivity contribution in [2.75, 3.05) is 5.73 Å². The number of nitrogens with one attached hydrogen (secondary N) is 1. The number of carbonyl (C=O) groups is 1. The van der Waals surface area contributed by atoms with E-state index in [0.29, 0.717) is 5.82 Å². The maximum atomic E-state index is 13.3. The molecular weight excluding hydrogens is 254 g/mol. The van der Waals surface area contributed by atoms with Gasteiger partial charge in [-0.2, -0.15) is 5.10 Å². The highest BCUT2D eigenvalue weighted by Crippen LogP contribution is 2.09. The van der Waals surface area contributed by atoms with Crippen LogP contribution in [0.5, 0.6) is 0 Å². The lowest BCUT2D eigenvalue weighted by molar-refractivity contribution is -0.122. The topological polar surface area (TPSA) is 72.9 Å². The number of nitrogens with zero attached hydrogens (tertiary/aromatic N) is 2. The summed E-state index contributed by atoms with van der Waals surface area (Å²) in [6, 6.07) is 4.64. The molecule has 2 aromatic rings. The van der Waals surface area contributed by atoms with E-state index < -0.39 is 11.6 Å². The van der Waals surface area contributed by atoms with Crippen LogP contribution in [0, 0.1) is 11.6 Å². The summed E-state index contributed by atoms with van der Waals surface area (Å²) in [5, 5.41) is 6.31. The largest absolute Gasteiger partial charge is 0.382 e. The number of hydrogen-bond donors (Lipinski definition) is 2. The summed E-state index contributed by atoms with van der Waals surface area (Å²) >= 11 is 0. The number of carbonyl (C=O) groups excluding carboxylic acids is 1. The molecule has 2 rings (SSSR count). The number of rotatable bonds is 4. The lowest BCUT2D eigenvalue weighted by Gasteiger charge is -2.06. The van der Waals surface area contributed by atoms with Gasteiger partial charge < -0.3 is 11.1 Å². The Morgan fingerprint density at radius 2 is 2.16 bits per heavy atom. The zero-order chi connectivity index (χ0) is 13.8. The van der Waals surface area contributed by atoms with Crippen molar-refractivity contribution in [1.82, 2.24) is 15.1 Å². The fourth-order valence-electron chi connectivity index (χ4n) is 1.54. The summed E-state index contributed by atoms with van der Waals surface area (Å²) in [6.07, 6.45) is 1.55. The van der Waals surface area contributed by atoms with E-state index >= 15 is 0 Å². The summed E-state index contributed by atoms with van der Waals surface area (Å²) < 4.78 is 27.6. The van der Waals surface area contributed by atoms with Gasteiger partial charge in [0.25, 0.3) is 0 Å². The van der Waals surface area contributed by atoms with Crippen LogP contribution >= 0.6 is 0 Å². The first-order chi connectivity index (χ1) is 9.04. The predicted molar refractivity (Wildman–Crippen MR) is 64.8 cm³/mol. The number of benzene rings is 1. The highest BCUT2D eigenvalue weighted by molar-refractivity contribution is 5.75. The highest BCUT2D eigenvalue weighted by atomic mass is 19.1. The molecule has 5 nitrogen and oxygen atoms in total. The van der Waals surface area contributed by atoms with Crippen molar-refractivity contribution in [3.8, 4) is 0 Å². The highest BCUT2D eigenvalue weighted by Gasteiger charge is 2.07. The first kappa shape index (κ1) is 13.0. The molecule has 0 spiro atoms. The van der Waals surface area contributed by atoms with Gasteiger partial charge in [0.05, 0.1) is 0 Å². The second kappa shape index (κ2) is 5.47. The van der Waals surface area contributed by atoms with Crippen molar-refractivity contribution in [1.29, 1.82) is 0 Å². The molecule has 0 radical (unpaired) electrons. The van der Waals surface area contributed by atoms with Crippen molar-refractivity contribution in [2.45, 2.75) is 13.1 Å². The number of anilines is 1. The van der Waals surface area contributed by atoms with Gasteiger partial charge in [0.15, 0.2) is 0 Å². The number of hydrogen-bond acceptors (Lipinski definition) is 3. The summed E-state index contributed by atoms with van der Waals surface area (Å²) in [7, 11) is 0. The molecular formula is C12H12F2N4O. The number of amides is 1. The van der Waals surface area contributed by atoms with Gasteiger partial charge in [-0.3, -0.25) is 9.48 Å². The number of nitrogen functional groups attached to an aromatic ring is 1. The van der Waals surface area contributed by atoms with Crippen molar-refractivity contribution in [3.05, 3.63) is 47.7 Å². The maximum absolute atomic E-state index is 13.3. The molecule has 1 aromatic heterocycles. The zero-order valence-corrected chi connectivity index (χ0v) is 9.94. The average Bonchev–Trinajstić information content (AvgIpc) is 2.76. The molecule has 0 aliphatic rings. The molecule has 0 unspecified atom stereocenters. The van der Waals surface area contributed by atoms with Crippen molar-refractivity contribution >= 4 is 11.7 Å². The van der Waals surface area contributed by atoms with Crippen LogP contribution in [0.3, 0.4) is 0 Å². The van der Waals surface area contributed by atoms with Gasteiger partial charge in [0, 0.05) is 18.3 Å². The lowest BCUT2D eigenvalue weighted by Crippen LogP contribution is -2.27. The molecule has 7 heteroatoms. The van der Waals surface area contributed by atoms with Crippen LogP contribution in [0.2, 0.25) is 0 Å². The molecule has 0 aliphatic heterocycles. The molecule has 0 atom stereocenters. The molecule has 1 amide bonds. The van der Waals surface area contributed by atoms with Gasteiger partial charge in [0.2, 0.25) is 5.91 Å². The average molecular weight is 266 g/mol. The van der Waals surface area contributed by atoms with Crippen LogP contribution in [0.4, 0.5) is 14.6 Å². The van der Waals surface area contributed by atoms with Crippen LogP contribution in [0.25, 0.3) is 0 Å². The molecule has 0 bridgehead atoms. The Morgan fingerprint density at radius 1 is 1.37 bits per heavy atom. The van der Waals surface area contributed by atoms with Gasteiger partial charge in [0.1, 0.15) is 24.0 Å². The molecule has 19 heavy (non-hydrogen) atoms. The van der Waals surface area contributed by atoms with Crippen molar-refractivity contribution < 1.29 is 13.6 Å². The Labute approximate surface area is 108 Å². The number of nitrogens with two attached hydrogens (primary N) is 1. The molecule has 100 valence electrons. The fourth-order valence-corrected chi connectivity index (χ4v) is 1.54. The summed E-state index contributed by atoms with van der Waals surface area (Å²) in [4.78, 5) is 11.6. The van der Waals surface area contributed by atoms with Crippen LogP contribution in [-0.2, 0) is 17.9 Å². The minimum absolute atomic E-state index is 0.0336. The SMILES string of the molecule is Nc1ccn(CC(=O)NCc2cc(F)ccc2F)n1. The van der Waals surface area contributed by atoms with Gasteiger partial charge >= 0.3 is 0 Å². The second-order valence-corrected chi connectivity index (χ2v) is 3.95. The van der Waals surface area contributed by atoms with E-state index in [4.69, 9.17) is 5.73 Å². The van der Waals surface area contributed by atoms with E-state index in [0.717, 1.165) is 18.2 Å². The Hall–Kier alpha value is -2.44. The molecule has 0 fully saturated rings. The smallest absolute Gasteiger partial charge is 0.242 e. The van der Waals surface area contributed by atoms with E-state index in [-0.39, 0.29) is 24.6 Å².